The zero-order chi connectivity index (χ0) is 14.5. The van der Waals surface area contributed by atoms with Crippen LogP contribution in [-0.2, 0) is 5.88 Å². The molecule has 1 atom stereocenters. The smallest absolute Gasteiger partial charge is 0.251 e. The van der Waals surface area contributed by atoms with Gasteiger partial charge in [-0.3, -0.25) is 4.79 Å². The Bertz CT molecular complexity index is 598. The molecular formula is C16H15BrClNO. The van der Waals surface area contributed by atoms with Crippen LogP contribution in [0.5, 0.6) is 0 Å². The van der Waals surface area contributed by atoms with Gasteiger partial charge in [-0.25, -0.2) is 0 Å². The second-order valence-electron chi connectivity index (χ2n) is 4.55. The minimum Gasteiger partial charge on any atom is -0.345 e. The van der Waals surface area contributed by atoms with Crippen LogP contribution >= 0.6 is 27.5 Å². The van der Waals surface area contributed by atoms with Crippen LogP contribution in [-0.4, -0.2) is 5.91 Å². The molecule has 0 aliphatic rings. The Labute approximate surface area is 132 Å². The zero-order valence-corrected chi connectivity index (χ0v) is 13.4. The van der Waals surface area contributed by atoms with Gasteiger partial charge in [-0.2, -0.15) is 0 Å². The third-order valence-electron chi connectivity index (χ3n) is 3.09. The molecule has 0 spiro atoms. The first-order valence-electron chi connectivity index (χ1n) is 6.32. The van der Waals surface area contributed by atoms with Crippen LogP contribution in [0.15, 0.2) is 53.0 Å². The Balaban J connectivity index is 2.09. The van der Waals surface area contributed by atoms with E-state index in [1.54, 1.807) is 12.1 Å². The molecule has 4 heteroatoms. The molecule has 2 aromatic rings. The molecule has 0 aliphatic carbocycles. The van der Waals surface area contributed by atoms with E-state index in [-0.39, 0.29) is 11.9 Å². The molecular weight excluding hydrogens is 338 g/mol. The number of carbonyl (C=O) groups excluding carboxylic acids is 1. The number of rotatable bonds is 4. The van der Waals surface area contributed by atoms with E-state index in [4.69, 9.17) is 11.6 Å². The second kappa shape index (κ2) is 6.91. The maximum absolute atomic E-state index is 12.2. The van der Waals surface area contributed by atoms with Gasteiger partial charge in [0, 0.05) is 15.9 Å². The zero-order valence-electron chi connectivity index (χ0n) is 11.1. The number of hydrogen-bond acceptors (Lipinski definition) is 1. The second-order valence-corrected chi connectivity index (χ2v) is 5.67. The topological polar surface area (TPSA) is 29.1 Å². The molecule has 1 amide bonds. The van der Waals surface area contributed by atoms with E-state index in [0.29, 0.717) is 11.4 Å². The largest absolute Gasteiger partial charge is 0.345 e. The molecule has 2 aromatic carbocycles. The third kappa shape index (κ3) is 3.62. The van der Waals surface area contributed by atoms with Crippen LogP contribution in [0.4, 0.5) is 0 Å². The van der Waals surface area contributed by atoms with Crippen molar-refractivity contribution in [3.05, 3.63) is 69.7 Å². The van der Waals surface area contributed by atoms with Crippen molar-refractivity contribution in [1.29, 1.82) is 0 Å². The van der Waals surface area contributed by atoms with E-state index in [1.807, 2.05) is 43.3 Å². The number of alkyl halides is 1. The number of nitrogens with one attached hydrogen (secondary N) is 1. The highest BCUT2D eigenvalue weighted by Gasteiger charge is 2.13. The molecule has 2 rings (SSSR count). The van der Waals surface area contributed by atoms with E-state index in [0.717, 1.165) is 15.6 Å². The minimum atomic E-state index is -0.0885. The molecule has 0 fully saturated rings. The van der Waals surface area contributed by atoms with Crippen molar-refractivity contribution in [3.8, 4) is 0 Å². The van der Waals surface area contributed by atoms with E-state index in [2.05, 4.69) is 21.2 Å². The summed E-state index contributed by atoms with van der Waals surface area (Å²) in [6.07, 6.45) is 0. The van der Waals surface area contributed by atoms with Crippen molar-refractivity contribution >= 4 is 33.4 Å². The summed E-state index contributed by atoms with van der Waals surface area (Å²) in [5, 5.41) is 2.99. The molecule has 1 unspecified atom stereocenters. The van der Waals surface area contributed by atoms with Crippen molar-refractivity contribution in [2.75, 3.05) is 0 Å². The maximum Gasteiger partial charge on any atom is 0.251 e. The molecule has 0 radical (unpaired) electrons. The van der Waals surface area contributed by atoms with E-state index >= 15 is 0 Å². The normalized spacial score (nSPS) is 11.9. The molecule has 1 N–H and O–H groups in total. The molecule has 2 nitrogen and oxygen atoms in total. The molecule has 0 bridgehead atoms. The van der Waals surface area contributed by atoms with Gasteiger partial charge in [0.15, 0.2) is 0 Å². The fraction of sp³-hybridized carbons (Fsp3) is 0.188. The van der Waals surface area contributed by atoms with Crippen molar-refractivity contribution in [2.24, 2.45) is 0 Å². The molecule has 104 valence electrons. The van der Waals surface area contributed by atoms with Gasteiger partial charge in [0.05, 0.1) is 6.04 Å². The number of benzene rings is 2. The summed E-state index contributed by atoms with van der Waals surface area (Å²) >= 11 is 9.23. The summed E-state index contributed by atoms with van der Waals surface area (Å²) < 4.78 is 0.991. The summed E-state index contributed by atoms with van der Waals surface area (Å²) in [6.45, 7) is 1.96. The van der Waals surface area contributed by atoms with Crippen molar-refractivity contribution in [1.82, 2.24) is 5.32 Å². The molecule has 20 heavy (non-hydrogen) atoms. The van der Waals surface area contributed by atoms with Gasteiger partial charge in [-0.15, -0.1) is 11.6 Å². The van der Waals surface area contributed by atoms with Crippen LogP contribution in [0, 0.1) is 0 Å². The van der Waals surface area contributed by atoms with Gasteiger partial charge in [0.2, 0.25) is 0 Å². The van der Waals surface area contributed by atoms with Crippen LogP contribution in [0.2, 0.25) is 0 Å². The summed E-state index contributed by atoms with van der Waals surface area (Å²) in [7, 11) is 0. The Hall–Kier alpha value is -1.32. The molecule has 0 aliphatic heterocycles. The van der Waals surface area contributed by atoms with Gasteiger partial charge >= 0.3 is 0 Å². The fourth-order valence-electron chi connectivity index (χ4n) is 1.93. The van der Waals surface area contributed by atoms with Crippen LogP contribution in [0.25, 0.3) is 0 Å². The average Bonchev–Trinajstić information content (AvgIpc) is 2.47. The monoisotopic (exact) mass is 351 g/mol. The number of halogens is 2. The van der Waals surface area contributed by atoms with Crippen molar-refractivity contribution in [2.45, 2.75) is 18.8 Å². The molecule has 0 aromatic heterocycles. The highest BCUT2D eigenvalue weighted by molar-refractivity contribution is 9.10. The van der Waals surface area contributed by atoms with Gasteiger partial charge in [0.1, 0.15) is 0 Å². The predicted octanol–water partition coefficient (Wildman–Crippen LogP) is 4.68. The summed E-state index contributed by atoms with van der Waals surface area (Å²) in [5.74, 6) is 0.365. The van der Waals surface area contributed by atoms with Crippen LogP contribution in [0.1, 0.15) is 34.5 Å². The Kier molecular flexibility index (Phi) is 5.21. The Morgan fingerprint density at radius 3 is 2.45 bits per heavy atom. The van der Waals surface area contributed by atoms with E-state index < -0.39 is 0 Å². The van der Waals surface area contributed by atoms with Gasteiger partial charge in [-0.1, -0.05) is 46.3 Å². The van der Waals surface area contributed by atoms with E-state index in [9.17, 15) is 4.79 Å². The first kappa shape index (κ1) is 15.1. The lowest BCUT2D eigenvalue weighted by atomic mass is 10.1. The highest BCUT2D eigenvalue weighted by Crippen LogP contribution is 2.23. The Morgan fingerprint density at radius 1 is 1.20 bits per heavy atom. The highest BCUT2D eigenvalue weighted by atomic mass is 79.9. The lowest BCUT2D eigenvalue weighted by Gasteiger charge is -2.16. The summed E-state index contributed by atoms with van der Waals surface area (Å²) in [4.78, 5) is 12.2. The standard InChI is InChI=1S/C16H15BrClNO/c1-11(14-4-2-3-5-15(14)17)19-16(20)13-8-6-12(10-18)7-9-13/h2-9,11H,10H2,1H3,(H,19,20). The number of amides is 1. The summed E-state index contributed by atoms with van der Waals surface area (Å²) in [5.41, 5.74) is 2.69. The molecule has 0 heterocycles. The van der Waals surface area contributed by atoms with Crippen molar-refractivity contribution < 1.29 is 4.79 Å². The molecule has 0 saturated carbocycles. The van der Waals surface area contributed by atoms with E-state index in [1.165, 1.54) is 0 Å². The average molecular weight is 353 g/mol. The fourth-order valence-corrected chi connectivity index (χ4v) is 2.74. The minimum absolute atomic E-state index is 0.0641. The van der Waals surface area contributed by atoms with Gasteiger partial charge in [-0.05, 0) is 36.2 Å². The van der Waals surface area contributed by atoms with Gasteiger partial charge in [0.25, 0.3) is 5.91 Å². The molecule has 0 saturated heterocycles. The SMILES string of the molecule is CC(NC(=O)c1ccc(CCl)cc1)c1ccccc1Br. The van der Waals surface area contributed by atoms with Gasteiger partial charge < -0.3 is 5.32 Å². The first-order valence-corrected chi connectivity index (χ1v) is 7.64. The Morgan fingerprint density at radius 2 is 1.85 bits per heavy atom. The van der Waals surface area contributed by atoms with Crippen molar-refractivity contribution in [3.63, 3.8) is 0 Å². The lowest BCUT2D eigenvalue weighted by molar-refractivity contribution is 0.0940. The quantitative estimate of drug-likeness (QED) is 0.795. The van der Waals surface area contributed by atoms with Crippen LogP contribution in [0.3, 0.4) is 0 Å². The maximum atomic E-state index is 12.2. The summed E-state index contributed by atoms with van der Waals surface area (Å²) in [6, 6.07) is 15.1. The lowest BCUT2D eigenvalue weighted by Crippen LogP contribution is -2.26. The number of carbonyl (C=O) groups is 1. The van der Waals surface area contributed by atoms with Crippen LogP contribution < -0.4 is 5.32 Å². The first-order chi connectivity index (χ1) is 9.61. The predicted molar refractivity (Wildman–Crippen MR) is 86.0 cm³/mol. The third-order valence-corrected chi connectivity index (χ3v) is 4.12. The number of hydrogen-bond donors (Lipinski definition) is 1.